The van der Waals surface area contributed by atoms with Gasteiger partial charge in [-0.15, -0.1) is 0 Å². The van der Waals surface area contributed by atoms with E-state index >= 15 is 0 Å². The lowest BCUT2D eigenvalue weighted by Gasteiger charge is -2.33. The Kier molecular flexibility index (Phi) is 7.00. The van der Waals surface area contributed by atoms with Crippen LogP contribution in [-0.4, -0.2) is 63.9 Å². The zero-order chi connectivity index (χ0) is 23.2. The molecule has 1 aliphatic rings. The van der Waals surface area contributed by atoms with Crippen LogP contribution in [0.5, 0.6) is 0 Å². The summed E-state index contributed by atoms with van der Waals surface area (Å²) in [6.45, 7) is 6.95. The van der Waals surface area contributed by atoms with E-state index in [0.29, 0.717) is 32.7 Å². The van der Waals surface area contributed by atoms with Crippen molar-refractivity contribution in [1.82, 2.24) is 19.4 Å². The van der Waals surface area contributed by atoms with Gasteiger partial charge in [-0.2, -0.15) is 0 Å². The summed E-state index contributed by atoms with van der Waals surface area (Å²) in [7, 11) is 0. The molecule has 4 rings (SSSR count). The van der Waals surface area contributed by atoms with E-state index in [4.69, 9.17) is 0 Å². The average Bonchev–Trinajstić information content (AvgIpc) is 3.36. The van der Waals surface area contributed by atoms with Gasteiger partial charge in [0.05, 0.1) is 12.9 Å². The second kappa shape index (κ2) is 10.3. The maximum Gasteiger partial charge on any atom is 0.246 e. The Morgan fingerprint density at radius 3 is 2.48 bits per heavy atom. The van der Waals surface area contributed by atoms with Crippen molar-refractivity contribution in [3.05, 3.63) is 84.0 Å². The number of benzene rings is 2. The summed E-state index contributed by atoms with van der Waals surface area (Å²) in [6, 6.07) is 13.9. The second-order valence-electron chi connectivity index (χ2n) is 8.29. The Bertz CT molecular complexity index is 1130. The number of hydrogen-bond donors (Lipinski definition) is 1. The molecule has 1 saturated heterocycles. The third kappa shape index (κ3) is 5.75. The molecule has 0 bridgehead atoms. The van der Waals surface area contributed by atoms with Crippen LogP contribution in [0.2, 0.25) is 0 Å². The second-order valence-corrected chi connectivity index (χ2v) is 8.29. The van der Waals surface area contributed by atoms with E-state index in [2.05, 4.69) is 15.2 Å². The van der Waals surface area contributed by atoms with Gasteiger partial charge in [-0.05, 0) is 54.8 Å². The van der Waals surface area contributed by atoms with Crippen molar-refractivity contribution in [3.63, 3.8) is 0 Å². The molecule has 0 atom stereocenters. The van der Waals surface area contributed by atoms with Gasteiger partial charge < -0.3 is 14.8 Å². The molecule has 0 aliphatic carbocycles. The minimum atomic E-state index is -0.0255. The van der Waals surface area contributed by atoms with Crippen LogP contribution in [0, 0.1) is 13.8 Å². The summed E-state index contributed by atoms with van der Waals surface area (Å²) < 4.78 is 1.93. The largest absolute Gasteiger partial charge is 0.337 e. The smallest absolute Gasteiger partial charge is 0.246 e. The number of rotatable bonds is 6. The Hall–Kier alpha value is -3.71. The zero-order valence-corrected chi connectivity index (χ0v) is 19.1. The summed E-state index contributed by atoms with van der Waals surface area (Å²) in [6.07, 6.45) is 8.84. The number of carbonyl (C=O) groups excluding carboxylic acids is 2. The van der Waals surface area contributed by atoms with Crippen LogP contribution in [0.4, 0.5) is 5.69 Å². The number of piperazine rings is 1. The van der Waals surface area contributed by atoms with Crippen molar-refractivity contribution in [3.8, 4) is 5.69 Å². The number of nitrogens with one attached hydrogen (secondary N) is 1. The lowest BCUT2D eigenvalue weighted by Crippen LogP contribution is -2.50. The van der Waals surface area contributed by atoms with E-state index in [1.807, 2.05) is 78.1 Å². The van der Waals surface area contributed by atoms with Gasteiger partial charge in [0.1, 0.15) is 0 Å². The predicted molar refractivity (Wildman–Crippen MR) is 130 cm³/mol. The fourth-order valence-corrected chi connectivity index (χ4v) is 3.85. The number of nitrogens with zero attached hydrogens (tertiary/aromatic N) is 4. The first kappa shape index (κ1) is 22.5. The fourth-order valence-electron chi connectivity index (χ4n) is 3.85. The molecule has 7 nitrogen and oxygen atoms in total. The topological polar surface area (TPSA) is 70.5 Å². The van der Waals surface area contributed by atoms with Crippen LogP contribution in [-0.2, 0) is 9.59 Å². The fraction of sp³-hybridized carbons (Fsp3) is 0.269. The molecule has 0 saturated carbocycles. The standard InChI is InChI=1S/C26H29N5O2/c1-20-4-3-5-24(21(20)2)28-25(32)18-29-14-16-30(17-15-29)26(33)11-8-22-6-9-23(10-7-22)31-13-12-27-19-31/h3-13,19H,14-18H2,1-2H3,(H,28,32)/b11-8+. The monoisotopic (exact) mass is 443 g/mol. The summed E-state index contributed by atoms with van der Waals surface area (Å²) in [5, 5.41) is 3.01. The van der Waals surface area contributed by atoms with E-state index in [0.717, 1.165) is 28.1 Å². The number of anilines is 1. The highest BCUT2D eigenvalue weighted by Crippen LogP contribution is 2.18. The van der Waals surface area contributed by atoms with Gasteiger partial charge >= 0.3 is 0 Å². The van der Waals surface area contributed by atoms with Crippen molar-refractivity contribution >= 4 is 23.6 Å². The maximum atomic E-state index is 12.6. The SMILES string of the molecule is Cc1cccc(NC(=O)CN2CCN(C(=O)/C=C/c3ccc(-n4ccnc4)cc3)CC2)c1C. The number of aromatic nitrogens is 2. The molecule has 1 aromatic heterocycles. The van der Waals surface area contributed by atoms with Gasteiger partial charge in [-0.25, -0.2) is 4.98 Å². The molecule has 0 unspecified atom stereocenters. The summed E-state index contributed by atoms with van der Waals surface area (Å²) in [4.78, 5) is 33.0. The van der Waals surface area contributed by atoms with Gasteiger partial charge in [0, 0.05) is 56.0 Å². The molecule has 1 fully saturated rings. The van der Waals surface area contributed by atoms with Crippen molar-refractivity contribution in [1.29, 1.82) is 0 Å². The minimum absolute atomic E-state index is 0.00632. The first-order valence-electron chi connectivity index (χ1n) is 11.1. The zero-order valence-electron chi connectivity index (χ0n) is 19.1. The highest BCUT2D eigenvalue weighted by atomic mass is 16.2. The van der Waals surface area contributed by atoms with Crippen LogP contribution in [0.25, 0.3) is 11.8 Å². The predicted octanol–water partition coefficient (Wildman–Crippen LogP) is 3.29. The number of imidazole rings is 1. The normalized spacial score (nSPS) is 14.5. The van der Waals surface area contributed by atoms with E-state index in [-0.39, 0.29) is 11.8 Å². The van der Waals surface area contributed by atoms with Crippen LogP contribution in [0.3, 0.4) is 0 Å². The molecule has 33 heavy (non-hydrogen) atoms. The first-order valence-corrected chi connectivity index (χ1v) is 11.1. The van der Waals surface area contributed by atoms with Gasteiger partial charge in [0.2, 0.25) is 11.8 Å². The summed E-state index contributed by atoms with van der Waals surface area (Å²) in [5.74, 6) is -0.0318. The number of hydrogen-bond acceptors (Lipinski definition) is 4. The number of carbonyl (C=O) groups is 2. The number of aryl methyl sites for hydroxylation is 1. The van der Waals surface area contributed by atoms with Gasteiger partial charge in [0.25, 0.3) is 0 Å². The highest BCUT2D eigenvalue weighted by Gasteiger charge is 2.21. The van der Waals surface area contributed by atoms with Crippen molar-refractivity contribution in [2.75, 3.05) is 38.0 Å². The third-order valence-corrected chi connectivity index (χ3v) is 6.04. The Labute approximate surface area is 194 Å². The Morgan fingerprint density at radius 1 is 1.03 bits per heavy atom. The average molecular weight is 444 g/mol. The number of amides is 2. The third-order valence-electron chi connectivity index (χ3n) is 6.04. The van der Waals surface area contributed by atoms with Crippen molar-refractivity contribution < 1.29 is 9.59 Å². The van der Waals surface area contributed by atoms with E-state index in [1.54, 1.807) is 18.6 Å². The summed E-state index contributed by atoms with van der Waals surface area (Å²) in [5.41, 5.74) is 5.09. The van der Waals surface area contributed by atoms with E-state index in [9.17, 15) is 9.59 Å². The molecule has 2 heterocycles. The molecule has 0 radical (unpaired) electrons. The molecule has 3 aromatic rings. The van der Waals surface area contributed by atoms with Crippen LogP contribution < -0.4 is 5.32 Å². The van der Waals surface area contributed by atoms with Gasteiger partial charge in [0.15, 0.2) is 0 Å². The van der Waals surface area contributed by atoms with Crippen LogP contribution in [0.1, 0.15) is 16.7 Å². The molecular formula is C26H29N5O2. The molecule has 2 amide bonds. The van der Waals surface area contributed by atoms with Gasteiger partial charge in [-0.3, -0.25) is 14.5 Å². The molecule has 2 aromatic carbocycles. The van der Waals surface area contributed by atoms with Crippen LogP contribution in [0.15, 0.2) is 67.3 Å². The van der Waals surface area contributed by atoms with E-state index < -0.39 is 0 Å². The van der Waals surface area contributed by atoms with E-state index in [1.165, 1.54) is 0 Å². The summed E-state index contributed by atoms with van der Waals surface area (Å²) >= 11 is 0. The lowest BCUT2D eigenvalue weighted by atomic mass is 10.1. The minimum Gasteiger partial charge on any atom is -0.337 e. The quantitative estimate of drug-likeness (QED) is 0.594. The first-order chi connectivity index (χ1) is 16.0. The Balaban J connectivity index is 1.24. The molecule has 170 valence electrons. The lowest BCUT2D eigenvalue weighted by molar-refractivity contribution is -0.127. The molecule has 7 heteroatoms. The molecule has 0 spiro atoms. The van der Waals surface area contributed by atoms with Crippen LogP contribution >= 0.6 is 0 Å². The van der Waals surface area contributed by atoms with Crippen molar-refractivity contribution in [2.45, 2.75) is 13.8 Å². The molecule has 1 N–H and O–H groups in total. The highest BCUT2D eigenvalue weighted by molar-refractivity contribution is 5.93. The van der Waals surface area contributed by atoms with Crippen molar-refractivity contribution in [2.24, 2.45) is 0 Å². The molecular weight excluding hydrogens is 414 g/mol. The molecule has 1 aliphatic heterocycles. The maximum absolute atomic E-state index is 12.6. The van der Waals surface area contributed by atoms with Gasteiger partial charge in [-0.1, -0.05) is 24.3 Å². The Morgan fingerprint density at radius 2 is 1.79 bits per heavy atom.